The quantitative estimate of drug-likeness (QED) is 0.673. The fourth-order valence-corrected chi connectivity index (χ4v) is 3.01. The van der Waals surface area contributed by atoms with Crippen LogP contribution in [0.25, 0.3) is 10.8 Å². The lowest BCUT2D eigenvalue weighted by molar-refractivity contribution is 0.601. The topological polar surface area (TPSA) is 114 Å². The average molecular weight is 289 g/mol. The lowest BCUT2D eigenvalue weighted by atomic mass is 10.1. The third kappa shape index (κ3) is 2.05. The Hall–Kier alpha value is -2.61. The van der Waals surface area contributed by atoms with Crippen molar-refractivity contribution < 1.29 is 8.42 Å². The number of benzene rings is 1. The Morgan fingerprint density at radius 1 is 1.20 bits per heavy atom. The van der Waals surface area contributed by atoms with E-state index in [2.05, 4.69) is 19.9 Å². The smallest absolute Gasteiger partial charge is 0.267 e. The van der Waals surface area contributed by atoms with Gasteiger partial charge in [0.25, 0.3) is 10.0 Å². The second kappa shape index (κ2) is 4.49. The number of aromatic nitrogens is 3. The van der Waals surface area contributed by atoms with Crippen molar-refractivity contribution in [3.63, 3.8) is 0 Å². The summed E-state index contributed by atoms with van der Waals surface area (Å²) in [5.74, 6) is -0.00383. The Labute approximate surface area is 114 Å². The Morgan fingerprint density at radius 3 is 2.80 bits per heavy atom. The number of nitrogen functional groups attached to an aromatic ring is 1. The first-order chi connectivity index (χ1) is 9.58. The summed E-state index contributed by atoms with van der Waals surface area (Å²) in [6.45, 7) is 0. The minimum Gasteiger partial charge on any atom is -0.383 e. The summed E-state index contributed by atoms with van der Waals surface area (Å²) in [5, 5.41) is 7.60. The second-order valence-corrected chi connectivity index (χ2v) is 5.81. The molecule has 0 aliphatic heterocycles. The maximum atomic E-state index is 12.3. The predicted octanol–water partition coefficient (Wildman–Crippen LogP) is 1.34. The molecule has 4 N–H and O–H groups in total. The van der Waals surface area contributed by atoms with Crippen LogP contribution in [0.5, 0.6) is 0 Å². The standard InChI is InChI=1S/C12H11N5O2S/c13-12-11(7-15-16-12)20(18,19)17-10-3-1-2-8-4-5-14-6-9(8)10/h1-7,17H,(H3,13,15,16). The summed E-state index contributed by atoms with van der Waals surface area (Å²) in [4.78, 5) is 3.92. The molecular formula is C12H11N5O2S. The van der Waals surface area contributed by atoms with Gasteiger partial charge >= 0.3 is 0 Å². The van der Waals surface area contributed by atoms with Gasteiger partial charge in [0.05, 0.1) is 11.9 Å². The minimum atomic E-state index is -3.79. The maximum Gasteiger partial charge on any atom is 0.267 e. The van der Waals surface area contributed by atoms with E-state index in [0.29, 0.717) is 11.1 Å². The van der Waals surface area contributed by atoms with E-state index in [9.17, 15) is 8.42 Å². The zero-order valence-electron chi connectivity index (χ0n) is 10.2. The van der Waals surface area contributed by atoms with Crippen LogP contribution in [0.1, 0.15) is 0 Å². The van der Waals surface area contributed by atoms with Gasteiger partial charge in [0.15, 0.2) is 0 Å². The van der Waals surface area contributed by atoms with Gasteiger partial charge in [-0.2, -0.15) is 5.10 Å². The van der Waals surface area contributed by atoms with Gasteiger partial charge in [-0.15, -0.1) is 0 Å². The molecule has 0 radical (unpaired) electrons. The molecule has 2 aromatic heterocycles. The van der Waals surface area contributed by atoms with Crippen LogP contribution in [0.3, 0.4) is 0 Å². The van der Waals surface area contributed by atoms with Crippen LogP contribution in [0.15, 0.2) is 47.8 Å². The van der Waals surface area contributed by atoms with Crippen LogP contribution in [-0.2, 0) is 10.0 Å². The minimum absolute atomic E-state index is 0.00383. The van der Waals surface area contributed by atoms with Gasteiger partial charge in [-0.1, -0.05) is 12.1 Å². The van der Waals surface area contributed by atoms with Crippen molar-refractivity contribution in [3.05, 3.63) is 42.9 Å². The molecule has 102 valence electrons. The molecule has 2 heterocycles. The Kier molecular flexibility index (Phi) is 2.79. The maximum absolute atomic E-state index is 12.3. The number of nitrogens with one attached hydrogen (secondary N) is 2. The number of anilines is 2. The number of nitrogens with two attached hydrogens (primary N) is 1. The number of sulfonamides is 1. The zero-order chi connectivity index (χ0) is 14.2. The molecule has 1 aromatic carbocycles. The summed E-state index contributed by atoms with van der Waals surface area (Å²) >= 11 is 0. The van der Waals surface area contributed by atoms with Gasteiger partial charge in [-0.05, 0) is 17.5 Å². The number of H-pyrrole nitrogens is 1. The van der Waals surface area contributed by atoms with Gasteiger partial charge in [-0.3, -0.25) is 14.8 Å². The van der Waals surface area contributed by atoms with Gasteiger partial charge in [-0.25, -0.2) is 8.42 Å². The summed E-state index contributed by atoms with van der Waals surface area (Å²) in [7, 11) is -3.79. The lowest BCUT2D eigenvalue weighted by Gasteiger charge is -2.09. The summed E-state index contributed by atoms with van der Waals surface area (Å²) in [5.41, 5.74) is 5.98. The summed E-state index contributed by atoms with van der Waals surface area (Å²) < 4.78 is 27.0. The zero-order valence-corrected chi connectivity index (χ0v) is 11.1. The number of rotatable bonds is 3. The highest BCUT2D eigenvalue weighted by atomic mass is 32.2. The van der Waals surface area contributed by atoms with Gasteiger partial charge in [0.1, 0.15) is 10.7 Å². The van der Waals surface area contributed by atoms with E-state index >= 15 is 0 Å². The fraction of sp³-hybridized carbons (Fsp3) is 0. The molecule has 8 heteroatoms. The second-order valence-electron chi connectivity index (χ2n) is 4.16. The molecule has 0 bridgehead atoms. The average Bonchev–Trinajstić information content (AvgIpc) is 2.86. The molecule has 0 amide bonds. The first-order valence-corrected chi connectivity index (χ1v) is 7.20. The molecule has 0 aliphatic rings. The van der Waals surface area contributed by atoms with Crippen LogP contribution in [-0.4, -0.2) is 23.6 Å². The third-order valence-corrected chi connectivity index (χ3v) is 4.24. The molecule has 0 spiro atoms. The number of nitrogens with zero attached hydrogens (tertiary/aromatic N) is 2. The van der Waals surface area contributed by atoms with Gasteiger partial charge < -0.3 is 5.73 Å². The van der Waals surface area contributed by atoms with E-state index in [1.165, 1.54) is 6.20 Å². The molecule has 0 fully saturated rings. The number of fused-ring (bicyclic) bond motifs is 1. The highest BCUT2D eigenvalue weighted by molar-refractivity contribution is 7.92. The first-order valence-electron chi connectivity index (χ1n) is 5.72. The number of aromatic amines is 1. The summed E-state index contributed by atoms with van der Waals surface area (Å²) in [6, 6.07) is 7.11. The lowest BCUT2D eigenvalue weighted by Crippen LogP contribution is -2.14. The van der Waals surface area contributed by atoms with E-state index in [4.69, 9.17) is 5.73 Å². The Bertz CT molecular complexity index is 867. The largest absolute Gasteiger partial charge is 0.383 e. The van der Waals surface area contributed by atoms with Crippen molar-refractivity contribution >= 4 is 32.3 Å². The monoisotopic (exact) mass is 289 g/mol. The van der Waals surface area contributed by atoms with Crippen LogP contribution < -0.4 is 10.5 Å². The van der Waals surface area contributed by atoms with Crippen molar-refractivity contribution in [2.24, 2.45) is 0 Å². The van der Waals surface area contributed by atoms with Gasteiger partial charge in [0, 0.05) is 17.8 Å². The van der Waals surface area contributed by atoms with Crippen molar-refractivity contribution in [2.45, 2.75) is 4.90 Å². The van der Waals surface area contributed by atoms with E-state index in [-0.39, 0.29) is 10.7 Å². The van der Waals surface area contributed by atoms with Crippen LogP contribution >= 0.6 is 0 Å². The molecule has 7 nitrogen and oxygen atoms in total. The molecule has 20 heavy (non-hydrogen) atoms. The molecule has 3 aromatic rings. The number of hydrogen-bond donors (Lipinski definition) is 3. The van der Waals surface area contributed by atoms with Crippen LogP contribution in [0, 0.1) is 0 Å². The molecule has 0 unspecified atom stereocenters. The fourth-order valence-electron chi connectivity index (χ4n) is 1.90. The van der Waals surface area contributed by atoms with Crippen LogP contribution in [0.2, 0.25) is 0 Å². The number of pyridine rings is 1. The van der Waals surface area contributed by atoms with E-state index in [0.717, 1.165) is 5.39 Å². The molecule has 3 rings (SSSR count). The van der Waals surface area contributed by atoms with Crippen LogP contribution in [0.4, 0.5) is 11.5 Å². The van der Waals surface area contributed by atoms with E-state index < -0.39 is 10.0 Å². The molecule has 0 saturated carbocycles. The molecular weight excluding hydrogens is 278 g/mol. The first kappa shape index (κ1) is 12.4. The van der Waals surface area contributed by atoms with Crippen molar-refractivity contribution in [3.8, 4) is 0 Å². The Balaban J connectivity index is 2.08. The summed E-state index contributed by atoms with van der Waals surface area (Å²) in [6.07, 6.45) is 4.42. The normalized spacial score (nSPS) is 11.6. The van der Waals surface area contributed by atoms with Crippen molar-refractivity contribution in [1.82, 2.24) is 15.2 Å². The van der Waals surface area contributed by atoms with Gasteiger partial charge in [0.2, 0.25) is 0 Å². The highest BCUT2D eigenvalue weighted by Crippen LogP contribution is 2.25. The van der Waals surface area contributed by atoms with Crippen molar-refractivity contribution in [1.29, 1.82) is 0 Å². The van der Waals surface area contributed by atoms with E-state index in [1.807, 2.05) is 6.07 Å². The predicted molar refractivity (Wildman–Crippen MR) is 75.6 cm³/mol. The van der Waals surface area contributed by atoms with E-state index in [1.54, 1.807) is 30.6 Å². The molecule has 0 aliphatic carbocycles. The molecule has 0 atom stereocenters. The Morgan fingerprint density at radius 2 is 2.05 bits per heavy atom. The number of hydrogen-bond acceptors (Lipinski definition) is 5. The molecule has 0 saturated heterocycles. The SMILES string of the molecule is Nc1[nH]ncc1S(=O)(=O)Nc1cccc2ccncc12. The highest BCUT2D eigenvalue weighted by Gasteiger charge is 2.20. The van der Waals surface area contributed by atoms with Crippen molar-refractivity contribution in [2.75, 3.05) is 10.5 Å². The third-order valence-electron chi connectivity index (χ3n) is 2.85.